The molecular formula is C12H15FO2. The number of methoxy groups -OCH3 is 1. The van der Waals surface area contributed by atoms with E-state index in [1.807, 2.05) is 13.8 Å². The normalized spacial score (nSPS) is 10.1. The summed E-state index contributed by atoms with van der Waals surface area (Å²) in [5, 5.41) is 0. The zero-order valence-electron chi connectivity index (χ0n) is 9.26. The van der Waals surface area contributed by atoms with Crippen molar-refractivity contribution in [3.63, 3.8) is 0 Å². The first-order valence-electron chi connectivity index (χ1n) is 4.97. The first-order valence-corrected chi connectivity index (χ1v) is 4.97. The molecule has 0 amide bonds. The van der Waals surface area contributed by atoms with Gasteiger partial charge in [-0.1, -0.05) is 13.3 Å². The van der Waals surface area contributed by atoms with Gasteiger partial charge in [-0.05, 0) is 36.6 Å². The Morgan fingerprint density at radius 2 is 2.13 bits per heavy atom. The molecule has 0 unspecified atom stereocenters. The van der Waals surface area contributed by atoms with Gasteiger partial charge in [0.15, 0.2) is 0 Å². The average Bonchev–Trinajstić information content (AvgIpc) is 2.22. The summed E-state index contributed by atoms with van der Waals surface area (Å²) >= 11 is 0. The monoisotopic (exact) mass is 210 g/mol. The van der Waals surface area contributed by atoms with E-state index in [4.69, 9.17) is 0 Å². The molecule has 0 N–H and O–H groups in total. The lowest BCUT2D eigenvalue weighted by molar-refractivity contribution is 0.0595. The van der Waals surface area contributed by atoms with Crippen molar-refractivity contribution in [1.29, 1.82) is 0 Å². The predicted molar refractivity (Wildman–Crippen MR) is 56.5 cm³/mol. The number of aryl methyl sites for hydroxylation is 2. The van der Waals surface area contributed by atoms with Crippen LogP contribution in [0, 0.1) is 12.7 Å². The topological polar surface area (TPSA) is 26.3 Å². The molecule has 0 saturated heterocycles. The molecule has 0 aliphatic carbocycles. The molecule has 0 spiro atoms. The molecule has 1 aromatic rings. The number of esters is 1. The van der Waals surface area contributed by atoms with Gasteiger partial charge < -0.3 is 4.74 Å². The molecule has 3 heteroatoms. The van der Waals surface area contributed by atoms with E-state index in [0.29, 0.717) is 0 Å². The van der Waals surface area contributed by atoms with Crippen molar-refractivity contribution in [3.05, 3.63) is 34.6 Å². The fourth-order valence-electron chi connectivity index (χ4n) is 1.53. The summed E-state index contributed by atoms with van der Waals surface area (Å²) in [6.45, 7) is 3.91. The highest BCUT2D eigenvalue weighted by molar-refractivity contribution is 5.89. The second kappa shape index (κ2) is 4.91. The maximum absolute atomic E-state index is 13.5. The van der Waals surface area contributed by atoms with Gasteiger partial charge in [0.05, 0.1) is 12.7 Å². The quantitative estimate of drug-likeness (QED) is 0.717. The molecule has 15 heavy (non-hydrogen) atoms. The minimum atomic E-state index is -0.626. The summed E-state index contributed by atoms with van der Waals surface area (Å²) < 4.78 is 18.0. The van der Waals surface area contributed by atoms with Gasteiger partial charge in [0, 0.05) is 0 Å². The van der Waals surface area contributed by atoms with Crippen molar-refractivity contribution >= 4 is 5.97 Å². The fourth-order valence-corrected chi connectivity index (χ4v) is 1.53. The van der Waals surface area contributed by atoms with E-state index in [1.54, 1.807) is 6.07 Å². The Morgan fingerprint density at radius 1 is 1.47 bits per heavy atom. The van der Waals surface area contributed by atoms with Crippen LogP contribution in [-0.4, -0.2) is 13.1 Å². The first-order chi connectivity index (χ1) is 7.10. The number of benzene rings is 1. The minimum absolute atomic E-state index is 0.00912. The number of halogens is 1. The Hall–Kier alpha value is -1.38. The number of hydrogen-bond donors (Lipinski definition) is 0. The van der Waals surface area contributed by atoms with E-state index in [1.165, 1.54) is 13.2 Å². The van der Waals surface area contributed by atoms with Crippen molar-refractivity contribution in [1.82, 2.24) is 0 Å². The SMILES string of the molecule is CCCc1cc(F)c(C(=O)OC)cc1C. The third kappa shape index (κ3) is 2.55. The lowest BCUT2D eigenvalue weighted by Gasteiger charge is -2.07. The third-order valence-corrected chi connectivity index (χ3v) is 2.35. The van der Waals surface area contributed by atoms with Gasteiger partial charge in [-0.2, -0.15) is 0 Å². The smallest absolute Gasteiger partial charge is 0.340 e. The average molecular weight is 210 g/mol. The van der Waals surface area contributed by atoms with E-state index in [9.17, 15) is 9.18 Å². The van der Waals surface area contributed by atoms with E-state index in [-0.39, 0.29) is 5.56 Å². The highest BCUT2D eigenvalue weighted by Crippen LogP contribution is 2.17. The van der Waals surface area contributed by atoms with Crippen LogP contribution in [0.4, 0.5) is 4.39 Å². The molecule has 0 radical (unpaired) electrons. The molecule has 2 nitrogen and oxygen atoms in total. The van der Waals surface area contributed by atoms with Gasteiger partial charge in [-0.15, -0.1) is 0 Å². The van der Waals surface area contributed by atoms with Crippen LogP contribution in [0.5, 0.6) is 0 Å². The molecule has 0 bridgehead atoms. The van der Waals surface area contributed by atoms with Crippen molar-refractivity contribution in [2.75, 3.05) is 7.11 Å². The van der Waals surface area contributed by atoms with Crippen LogP contribution in [0.2, 0.25) is 0 Å². The van der Waals surface area contributed by atoms with Crippen LogP contribution in [0.25, 0.3) is 0 Å². The molecule has 0 heterocycles. The minimum Gasteiger partial charge on any atom is -0.465 e. The van der Waals surface area contributed by atoms with Gasteiger partial charge in [0.25, 0.3) is 0 Å². The van der Waals surface area contributed by atoms with Crippen LogP contribution in [0.15, 0.2) is 12.1 Å². The number of hydrogen-bond acceptors (Lipinski definition) is 2. The summed E-state index contributed by atoms with van der Waals surface area (Å²) in [7, 11) is 1.25. The molecule has 0 aromatic heterocycles. The molecular weight excluding hydrogens is 195 g/mol. The zero-order chi connectivity index (χ0) is 11.4. The summed E-state index contributed by atoms with van der Waals surface area (Å²) in [5.41, 5.74) is 1.89. The van der Waals surface area contributed by atoms with Crippen molar-refractivity contribution in [3.8, 4) is 0 Å². The highest BCUT2D eigenvalue weighted by atomic mass is 19.1. The van der Waals surface area contributed by atoms with E-state index in [0.717, 1.165) is 24.0 Å². The lowest BCUT2D eigenvalue weighted by Crippen LogP contribution is -2.06. The molecule has 0 fully saturated rings. The van der Waals surface area contributed by atoms with Crippen molar-refractivity contribution in [2.24, 2.45) is 0 Å². The Kier molecular flexibility index (Phi) is 3.83. The Morgan fingerprint density at radius 3 is 2.67 bits per heavy atom. The van der Waals surface area contributed by atoms with Crippen molar-refractivity contribution in [2.45, 2.75) is 26.7 Å². The summed E-state index contributed by atoms with van der Waals surface area (Å²) in [5.74, 6) is -1.13. The molecule has 1 aromatic carbocycles. The standard InChI is InChI=1S/C12H15FO2/c1-4-5-9-7-11(13)10(6-8(9)2)12(14)15-3/h6-7H,4-5H2,1-3H3. The van der Waals surface area contributed by atoms with Gasteiger partial charge >= 0.3 is 5.97 Å². The largest absolute Gasteiger partial charge is 0.465 e. The number of rotatable bonds is 3. The number of carbonyl (C=O) groups is 1. The Balaban J connectivity index is 3.13. The van der Waals surface area contributed by atoms with Crippen LogP contribution < -0.4 is 0 Å². The Bertz CT molecular complexity index is 372. The Labute approximate surface area is 89.1 Å². The van der Waals surface area contributed by atoms with Crippen LogP contribution in [0.1, 0.15) is 34.8 Å². The third-order valence-electron chi connectivity index (χ3n) is 2.35. The first kappa shape index (κ1) is 11.7. The fraction of sp³-hybridized carbons (Fsp3) is 0.417. The second-order valence-corrected chi connectivity index (χ2v) is 3.50. The zero-order valence-corrected chi connectivity index (χ0v) is 9.26. The van der Waals surface area contributed by atoms with E-state index < -0.39 is 11.8 Å². The molecule has 0 aliphatic rings. The number of ether oxygens (including phenoxy) is 1. The van der Waals surface area contributed by atoms with Crippen LogP contribution in [-0.2, 0) is 11.2 Å². The number of carbonyl (C=O) groups excluding carboxylic acids is 1. The molecule has 82 valence electrons. The van der Waals surface area contributed by atoms with Gasteiger partial charge in [-0.25, -0.2) is 9.18 Å². The van der Waals surface area contributed by atoms with Gasteiger partial charge in [0.2, 0.25) is 0 Å². The molecule has 0 saturated carbocycles. The molecule has 1 rings (SSSR count). The summed E-state index contributed by atoms with van der Waals surface area (Å²) in [4.78, 5) is 11.2. The second-order valence-electron chi connectivity index (χ2n) is 3.50. The lowest BCUT2D eigenvalue weighted by atomic mass is 10.0. The van der Waals surface area contributed by atoms with E-state index in [2.05, 4.69) is 4.74 Å². The summed E-state index contributed by atoms with van der Waals surface area (Å²) in [6, 6.07) is 2.97. The maximum atomic E-state index is 13.5. The molecule has 0 aliphatic heterocycles. The van der Waals surface area contributed by atoms with Gasteiger partial charge in [-0.3, -0.25) is 0 Å². The van der Waals surface area contributed by atoms with Crippen molar-refractivity contribution < 1.29 is 13.9 Å². The highest BCUT2D eigenvalue weighted by Gasteiger charge is 2.14. The van der Waals surface area contributed by atoms with E-state index >= 15 is 0 Å². The predicted octanol–water partition coefficient (Wildman–Crippen LogP) is 2.87. The van der Waals surface area contributed by atoms with Gasteiger partial charge in [0.1, 0.15) is 5.82 Å². The van der Waals surface area contributed by atoms with Crippen LogP contribution in [0.3, 0.4) is 0 Å². The van der Waals surface area contributed by atoms with Crippen LogP contribution >= 0.6 is 0 Å². The molecule has 0 atom stereocenters. The maximum Gasteiger partial charge on any atom is 0.340 e. The summed E-state index contributed by atoms with van der Waals surface area (Å²) in [6.07, 6.45) is 1.78.